The summed E-state index contributed by atoms with van der Waals surface area (Å²) < 4.78 is 15.1. The fraction of sp³-hybridized carbons (Fsp3) is 0.364. The van der Waals surface area contributed by atoms with Crippen molar-refractivity contribution in [3.8, 4) is 11.1 Å². The number of amides is 1. The van der Waals surface area contributed by atoms with Crippen LogP contribution in [0, 0.1) is 12.7 Å². The van der Waals surface area contributed by atoms with Crippen LogP contribution < -0.4 is 4.90 Å². The quantitative estimate of drug-likeness (QED) is 0.662. The van der Waals surface area contributed by atoms with Crippen molar-refractivity contribution in [1.29, 1.82) is 0 Å². The van der Waals surface area contributed by atoms with E-state index in [9.17, 15) is 9.18 Å². The van der Waals surface area contributed by atoms with E-state index in [4.69, 9.17) is 4.98 Å². The van der Waals surface area contributed by atoms with Gasteiger partial charge in [0.1, 0.15) is 5.82 Å². The molecular formula is C22H25FN6O. The van der Waals surface area contributed by atoms with Gasteiger partial charge in [0.25, 0.3) is 5.91 Å². The molecule has 0 radical (unpaired) electrons. The van der Waals surface area contributed by atoms with Crippen LogP contribution in [0.25, 0.3) is 11.1 Å². The summed E-state index contributed by atoms with van der Waals surface area (Å²) in [5.74, 6) is 0.238. The highest BCUT2D eigenvalue weighted by atomic mass is 19.1. The molecule has 0 spiro atoms. The van der Waals surface area contributed by atoms with E-state index in [1.54, 1.807) is 29.2 Å². The normalized spacial score (nSPS) is 16.2. The summed E-state index contributed by atoms with van der Waals surface area (Å²) in [4.78, 5) is 26.3. The van der Waals surface area contributed by atoms with E-state index in [1.165, 1.54) is 12.1 Å². The second-order valence-electron chi connectivity index (χ2n) is 7.83. The van der Waals surface area contributed by atoms with Crippen molar-refractivity contribution in [2.24, 2.45) is 7.05 Å². The largest absolute Gasteiger partial charge is 0.347 e. The molecule has 1 saturated heterocycles. The van der Waals surface area contributed by atoms with Gasteiger partial charge in [-0.15, -0.1) is 0 Å². The van der Waals surface area contributed by atoms with E-state index in [0.717, 1.165) is 29.7 Å². The first-order valence-electron chi connectivity index (χ1n) is 9.96. The molecule has 4 rings (SSSR count). The second kappa shape index (κ2) is 7.85. The number of hydrogen-bond donors (Lipinski definition) is 0. The number of hydrogen-bond acceptors (Lipinski definition) is 5. The Bertz CT molecular complexity index is 1080. The Morgan fingerprint density at radius 1 is 1.23 bits per heavy atom. The van der Waals surface area contributed by atoms with Crippen LogP contribution in [-0.2, 0) is 7.05 Å². The molecule has 0 aliphatic carbocycles. The van der Waals surface area contributed by atoms with E-state index in [0.29, 0.717) is 23.8 Å². The Balaban J connectivity index is 1.78. The number of carbonyl (C=O) groups excluding carboxylic acids is 1. The van der Waals surface area contributed by atoms with Gasteiger partial charge in [0.2, 0.25) is 5.95 Å². The highest BCUT2D eigenvalue weighted by Gasteiger charge is 2.35. The van der Waals surface area contributed by atoms with Crippen molar-refractivity contribution in [3.05, 3.63) is 59.4 Å². The topological polar surface area (TPSA) is 67.2 Å². The van der Waals surface area contributed by atoms with Crippen LogP contribution >= 0.6 is 0 Å². The van der Waals surface area contributed by atoms with Crippen LogP contribution in [0.2, 0.25) is 0 Å². The smallest absolute Gasteiger partial charge is 0.257 e. The lowest BCUT2D eigenvalue weighted by Gasteiger charge is -2.26. The van der Waals surface area contributed by atoms with Crippen LogP contribution in [0.1, 0.15) is 40.6 Å². The number of likely N-dealkylation sites (tertiary alicyclic amines) is 1. The Kier molecular flexibility index (Phi) is 5.24. The molecule has 1 aliphatic heterocycles. The molecule has 8 heteroatoms. The minimum absolute atomic E-state index is 0.0434. The molecule has 0 bridgehead atoms. The molecule has 1 fully saturated rings. The molecule has 2 aromatic heterocycles. The van der Waals surface area contributed by atoms with Gasteiger partial charge in [-0.2, -0.15) is 5.10 Å². The Morgan fingerprint density at radius 3 is 2.60 bits per heavy atom. The van der Waals surface area contributed by atoms with Crippen molar-refractivity contribution in [3.63, 3.8) is 0 Å². The van der Waals surface area contributed by atoms with E-state index in [-0.39, 0.29) is 17.8 Å². The third-order valence-electron chi connectivity index (χ3n) is 5.43. The molecule has 0 saturated carbocycles. The van der Waals surface area contributed by atoms with Gasteiger partial charge in [0.15, 0.2) is 0 Å². The number of rotatable bonds is 4. The zero-order valence-corrected chi connectivity index (χ0v) is 17.6. The molecule has 30 heavy (non-hydrogen) atoms. The number of halogens is 1. The number of benzene rings is 1. The van der Waals surface area contributed by atoms with Gasteiger partial charge in [-0.1, -0.05) is 12.1 Å². The number of aryl methyl sites for hydroxylation is 2. The number of carbonyl (C=O) groups is 1. The van der Waals surface area contributed by atoms with Crippen molar-refractivity contribution in [2.45, 2.75) is 25.8 Å². The van der Waals surface area contributed by atoms with Gasteiger partial charge in [-0.05, 0) is 37.5 Å². The van der Waals surface area contributed by atoms with Crippen molar-refractivity contribution >= 4 is 11.9 Å². The molecule has 0 unspecified atom stereocenters. The molecule has 1 amide bonds. The summed E-state index contributed by atoms with van der Waals surface area (Å²) in [5.41, 5.74) is 3.74. The van der Waals surface area contributed by atoms with Gasteiger partial charge >= 0.3 is 0 Å². The van der Waals surface area contributed by atoms with Gasteiger partial charge in [0.05, 0.1) is 23.0 Å². The maximum atomic E-state index is 13.5. The van der Waals surface area contributed by atoms with E-state index in [2.05, 4.69) is 10.1 Å². The molecule has 1 aromatic carbocycles. The van der Waals surface area contributed by atoms with E-state index < -0.39 is 0 Å². The van der Waals surface area contributed by atoms with Gasteiger partial charge in [-0.25, -0.2) is 14.4 Å². The number of anilines is 1. The van der Waals surface area contributed by atoms with E-state index in [1.807, 2.05) is 37.9 Å². The first kappa shape index (κ1) is 20.0. The monoisotopic (exact) mass is 408 g/mol. The third-order valence-corrected chi connectivity index (χ3v) is 5.43. The van der Waals surface area contributed by atoms with Crippen LogP contribution in [0.15, 0.2) is 36.7 Å². The zero-order valence-electron chi connectivity index (χ0n) is 17.6. The molecule has 156 valence electrons. The average Bonchev–Trinajstić information content (AvgIpc) is 3.34. The zero-order chi connectivity index (χ0) is 21.4. The highest BCUT2D eigenvalue weighted by Crippen LogP contribution is 2.38. The molecule has 7 nitrogen and oxygen atoms in total. The molecule has 1 atom stereocenters. The molecule has 0 N–H and O–H groups in total. The fourth-order valence-corrected chi connectivity index (χ4v) is 3.96. The molecule has 3 heterocycles. The van der Waals surface area contributed by atoms with Crippen LogP contribution in [0.4, 0.5) is 10.3 Å². The summed E-state index contributed by atoms with van der Waals surface area (Å²) in [6, 6.07) is 6.11. The first-order chi connectivity index (χ1) is 14.3. The van der Waals surface area contributed by atoms with Crippen molar-refractivity contribution in [2.75, 3.05) is 25.5 Å². The predicted octanol–water partition coefficient (Wildman–Crippen LogP) is 3.37. The van der Waals surface area contributed by atoms with Crippen molar-refractivity contribution < 1.29 is 9.18 Å². The van der Waals surface area contributed by atoms with Gasteiger partial charge < -0.3 is 9.80 Å². The maximum Gasteiger partial charge on any atom is 0.257 e. The standard InChI is InChI=1S/C22H25FN6O/c1-14-18(13-28(4)26-14)21(30)29-11-5-6-19(29)20-17(12-24-22(25-20)27(2)3)15-7-9-16(23)10-8-15/h7-10,12-13,19H,5-6,11H2,1-4H3/t19-/m1/s1. The lowest BCUT2D eigenvalue weighted by molar-refractivity contribution is 0.0732. The van der Waals surface area contributed by atoms with E-state index >= 15 is 0 Å². The third kappa shape index (κ3) is 3.65. The summed E-state index contributed by atoms with van der Waals surface area (Å²) in [7, 11) is 5.58. The lowest BCUT2D eigenvalue weighted by Crippen LogP contribution is -2.32. The van der Waals surface area contributed by atoms with Crippen LogP contribution in [-0.4, -0.2) is 51.2 Å². The summed E-state index contributed by atoms with van der Waals surface area (Å²) in [5, 5.41) is 4.31. The minimum atomic E-state index is -0.296. The summed E-state index contributed by atoms with van der Waals surface area (Å²) in [6.45, 7) is 2.50. The minimum Gasteiger partial charge on any atom is -0.347 e. The van der Waals surface area contributed by atoms with Crippen LogP contribution in [0.5, 0.6) is 0 Å². The van der Waals surface area contributed by atoms with Gasteiger partial charge in [0, 0.05) is 45.6 Å². The highest BCUT2D eigenvalue weighted by molar-refractivity contribution is 5.95. The maximum absolute atomic E-state index is 13.5. The fourth-order valence-electron chi connectivity index (χ4n) is 3.96. The molecule has 3 aromatic rings. The SMILES string of the molecule is Cc1nn(C)cc1C(=O)N1CCC[C@@H]1c1nc(N(C)C)ncc1-c1ccc(F)cc1. The Morgan fingerprint density at radius 2 is 1.97 bits per heavy atom. The summed E-state index contributed by atoms with van der Waals surface area (Å²) in [6.07, 6.45) is 5.23. The Labute approximate surface area is 175 Å². The number of aromatic nitrogens is 4. The number of nitrogens with zero attached hydrogens (tertiary/aromatic N) is 6. The van der Waals surface area contributed by atoms with Crippen LogP contribution in [0.3, 0.4) is 0 Å². The van der Waals surface area contributed by atoms with Crippen molar-refractivity contribution in [1.82, 2.24) is 24.6 Å². The Hall–Kier alpha value is -3.29. The summed E-state index contributed by atoms with van der Waals surface area (Å²) >= 11 is 0. The average molecular weight is 408 g/mol. The second-order valence-corrected chi connectivity index (χ2v) is 7.83. The van der Waals surface area contributed by atoms with Gasteiger partial charge in [-0.3, -0.25) is 9.48 Å². The lowest BCUT2D eigenvalue weighted by atomic mass is 9.99. The predicted molar refractivity (Wildman–Crippen MR) is 113 cm³/mol. The molecular weight excluding hydrogens is 383 g/mol. The molecule has 1 aliphatic rings. The first-order valence-corrected chi connectivity index (χ1v) is 9.96.